The maximum Gasteiger partial charge on any atom is 0.141 e. The third-order valence-corrected chi connectivity index (χ3v) is 9.00. The maximum absolute atomic E-state index is 13.9. The van der Waals surface area contributed by atoms with Crippen LogP contribution in [-0.2, 0) is 15.0 Å². The molecular formula is C26H30O3. The van der Waals surface area contributed by atoms with Crippen LogP contribution in [0.2, 0.25) is 0 Å². The average molecular weight is 391 g/mol. The molecule has 4 aliphatic carbocycles. The third-order valence-electron chi connectivity index (χ3n) is 9.00. The molecule has 0 amide bonds. The van der Waals surface area contributed by atoms with Crippen LogP contribution in [0.1, 0.15) is 51.0 Å². The minimum absolute atomic E-state index is 0.101. The first-order valence-electron chi connectivity index (χ1n) is 11.0. The first kappa shape index (κ1) is 18.8. The van der Waals surface area contributed by atoms with Crippen LogP contribution in [0.25, 0.3) is 0 Å². The van der Waals surface area contributed by atoms with Gasteiger partial charge >= 0.3 is 0 Å². The Labute approximate surface area is 173 Å². The first-order chi connectivity index (χ1) is 13.9. The predicted molar refractivity (Wildman–Crippen MR) is 113 cm³/mol. The second-order valence-electron chi connectivity index (χ2n) is 9.76. The van der Waals surface area contributed by atoms with Crippen LogP contribution < -0.4 is 4.74 Å². The van der Waals surface area contributed by atoms with E-state index in [1.165, 1.54) is 0 Å². The van der Waals surface area contributed by atoms with Crippen LogP contribution in [0.4, 0.5) is 0 Å². The summed E-state index contributed by atoms with van der Waals surface area (Å²) in [4.78, 5) is 27.4. The van der Waals surface area contributed by atoms with Gasteiger partial charge in [0.05, 0.1) is 7.11 Å². The Morgan fingerprint density at radius 1 is 1.10 bits per heavy atom. The lowest BCUT2D eigenvalue weighted by Crippen LogP contribution is -2.50. The maximum atomic E-state index is 13.9. The number of methoxy groups -OCH3 is 1. The first-order valence-corrected chi connectivity index (χ1v) is 11.0. The summed E-state index contributed by atoms with van der Waals surface area (Å²) < 4.78 is 5.38. The molecular weight excluding hydrogens is 360 g/mol. The molecule has 5 rings (SSSR count). The number of rotatable bonds is 4. The molecule has 29 heavy (non-hydrogen) atoms. The molecule has 152 valence electrons. The van der Waals surface area contributed by atoms with Crippen molar-refractivity contribution < 1.29 is 14.3 Å². The van der Waals surface area contributed by atoms with E-state index < -0.39 is 5.41 Å². The molecule has 0 aromatic heterocycles. The van der Waals surface area contributed by atoms with Crippen molar-refractivity contribution in [1.82, 2.24) is 0 Å². The quantitative estimate of drug-likeness (QED) is 0.676. The minimum Gasteiger partial charge on any atom is -0.497 e. The van der Waals surface area contributed by atoms with Gasteiger partial charge in [-0.05, 0) is 42.4 Å². The van der Waals surface area contributed by atoms with Crippen LogP contribution in [0.15, 0.2) is 49.1 Å². The van der Waals surface area contributed by atoms with Crippen molar-refractivity contribution in [2.24, 2.45) is 28.6 Å². The number of carbonyl (C=O) groups excluding carboxylic acids is 2. The van der Waals surface area contributed by atoms with E-state index in [1.54, 1.807) is 13.2 Å². The number of fused-ring (bicyclic) bond motifs is 2. The standard InChI is InChI=1S/C26H30O3/c1-4-7-17-16-20(27)21-22(23(17)28)26(18-8-10-19(29-3)11-9-18)15-14-25(21)13-6-5-12-24(25,26)2/h4,8-11,14-15,17,21-22H,1,5-7,12-13,16H2,2-3H3/t17-,21-,22-,24-,25-,26-/m0/s1. The summed E-state index contributed by atoms with van der Waals surface area (Å²) in [5, 5.41) is 0. The zero-order chi connectivity index (χ0) is 20.4. The van der Waals surface area contributed by atoms with E-state index in [2.05, 4.69) is 37.8 Å². The number of Topliss-reactive ketones (excluding diaryl/α,β-unsaturated/α-hetero) is 2. The van der Waals surface area contributed by atoms with E-state index in [4.69, 9.17) is 4.74 Å². The second-order valence-corrected chi connectivity index (χ2v) is 9.76. The highest BCUT2D eigenvalue weighted by Gasteiger charge is 2.79. The van der Waals surface area contributed by atoms with Gasteiger partial charge in [-0.25, -0.2) is 0 Å². The monoisotopic (exact) mass is 390 g/mol. The molecule has 1 aromatic rings. The normalized spacial score (nSPS) is 42.5. The minimum atomic E-state index is -0.406. The van der Waals surface area contributed by atoms with Crippen molar-refractivity contribution in [1.29, 1.82) is 0 Å². The second kappa shape index (κ2) is 6.17. The molecule has 0 unspecified atom stereocenters. The average Bonchev–Trinajstić information content (AvgIpc) is 3.12. The van der Waals surface area contributed by atoms with Gasteiger partial charge in [0.15, 0.2) is 0 Å². The van der Waals surface area contributed by atoms with Crippen LogP contribution >= 0.6 is 0 Å². The fraction of sp³-hybridized carbons (Fsp3) is 0.538. The van der Waals surface area contributed by atoms with Gasteiger partial charge in [0.25, 0.3) is 0 Å². The molecule has 3 saturated carbocycles. The van der Waals surface area contributed by atoms with Crippen LogP contribution in [-0.4, -0.2) is 18.7 Å². The van der Waals surface area contributed by atoms with Gasteiger partial charge in [-0.1, -0.05) is 50.1 Å². The summed E-state index contributed by atoms with van der Waals surface area (Å²) in [5.41, 5.74) is 0.476. The SMILES string of the molecule is C=CC[C@H]1CC(=O)[C@H]2[C@@H](C1=O)[C@@]1(c3ccc(OC)cc3)C=C[C@@]23CCCC[C@]13C. The third kappa shape index (κ3) is 2.04. The molecule has 2 bridgehead atoms. The zero-order valence-corrected chi connectivity index (χ0v) is 17.4. The number of ether oxygens (including phenoxy) is 1. The summed E-state index contributed by atoms with van der Waals surface area (Å²) in [5.74, 6) is 0.756. The summed E-state index contributed by atoms with van der Waals surface area (Å²) in [6.07, 6.45) is 11.8. The predicted octanol–water partition coefficient (Wildman–Crippen LogP) is 5.05. The molecule has 0 radical (unpaired) electrons. The number of allylic oxidation sites excluding steroid dienone is 3. The van der Waals surface area contributed by atoms with Gasteiger partial charge < -0.3 is 4.74 Å². The summed E-state index contributed by atoms with van der Waals surface area (Å²) in [7, 11) is 1.67. The van der Waals surface area contributed by atoms with Gasteiger partial charge in [-0.3, -0.25) is 9.59 Å². The highest BCUT2D eigenvalue weighted by atomic mass is 16.5. The lowest BCUT2D eigenvalue weighted by Gasteiger charge is -2.50. The fourth-order valence-electron chi connectivity index (χ4n) is 7.79. The van der Waals surface area contributed by atoms with Gasteiger partial charge in [-0.15, -0.1) is 6.58 Å². The molecule has 6 atom stereocenters. The van der Waals surface area contributed by atoms with Gasteiger partial charge in [0.2, 0.25) is 0 Å². The molecule has 3 heteroatoms. The van der Waals surface area contributed by atoms with Crippen LogP contribution in [0.5, 0.6) is 5.75 Å². The van der Waals surface area contributed by atoms with Crippen molar-refractivity contribution in [3.8, 4) is 5.75 Å². The van der Waals surface area contributed by atoms with E-state index >= 15 is 0 Å². The Morgan fingerprint density at radius 3 is 2.52 bits per heavy atom. The molecule has 4 aliphatic rings. The molecule has 3 nitrogen and oxygen atoms in total. The summed E-state index contributed by atoms with van der Waals surface area (Å²) in [6, 6.07) is 8.23. The lowest BCUT2D eigenvalue weighted by molar-refractivity contribution is -0.144. The molecule has 0 spiro atoms. The smallest absolute Gasteiger partial charge is 0.141 e. The Balaban J connectivity index is 1.74. The Morgan fingerprint density at radius 2 is 1.83 bits per heavy atom. The Bertz CT molecular complexity index is 912. The molecule has 3 fully saturated rings. The van der Waals surface area contributed by atoms with Crippen molar-refractivity contribution in [3.63, 3.8) is 0 Å². The van der Waals surface area contributed by atoms with Crippen molar-refractivity contribution in [2.45, 2.75) is 50.9 Å². The lowest BCUT2D eigenvalue weighted by atomic mass is 9.52. The van der Waals surface area contributed by atoms with Crippen molar-refractivity contribution in [3.05, 3.63) is 54.6 Å². The number of hydrogen-bond acceptors (Lipinski definition) is 3. The van der Waals surface area contributed by atoms with Crippen molar-refractivity contribution >= 4 is 11.6 Å². The van der Waals surface area contributed by atoms with E-state index in [0.29, 0.717) is 18.6 Å². The molecule has 0 saturated heterocycles. The van der Waals surface area contributed by atoms with Gasteiger partial charge in [0, 0.05) is 35.0 Å². The number of ketones is 2. The van der Waals surface area contributed by atoms with Gasteiger partial charge in [0.1, 0.15) is 17.3 Å². The highest BCUT2D eigenvalue weighted by Crippen LogP contribution is 2.79. The Kier molecular flexibility index (Phi) is 4.01. The largest absolute Gasteiger partial charge is 0.497 e. The molecule has 1 aromatic carbocycles. The fourth-order valence-corrected chi connectivity index (χ4v) is 7.79. The molecule has 0 heterocycles. The summed E-state index contributed by atoms with van der Waals surface area (Å²) in [6.45, 7) is 6.19. The zero-order valence-electron chi connectivity index (χ0n) is 17.4. The number of hydrogen-bond donors (Lipinski definition) is 0. The van der Waals surface area contributed by atoms with Crippen LogP contribution in [0, 0.1) is 28.6 Å². The van der Waals surface area contributed by atoms with E-state index in [0.717, 1.165) is 37.0 Å². The highest BCUT2D eigenvalue weighted by molar-refractivity contribution is 6.01. The van der Waals surface area contributed by atoms with E-state index in [1.807, 2.05) is 12.1 Å². The number of carbonyl (C=O) groups is 2. The number of benzene rings is 1. The molecule has 0 aliphatic heterocycles. The summed E-state index contributed by atoms with van der Waals surface area (Å²) >= 11 is 0. The van der Waals surface area contributed by atoms with Gasteiger partial charge in [-0.2, -0.15) is 0 Å². The Hall–Kier alpha value is -2.16. The van der Waals surface area contributed by atoms with Crippen LogP contribution in [0.3, 0.4) is 0 Å². The van der Waals surface area contributed by atoms with E-state index in [-0.39, 0.29) is 34.4 Å². The van der Waals surface area contributed by atoms with E-state index in [9.17, 15) is 9.59 Å². The topological polar surface area (TPSA) is 43.4 Å². The molecule has 0 N–H and O–H groups in total. The van der Waals surface area contributed by atoms with Crippen molar-refractivity contribution in [2.75, 3.05) is 7.11 Å².